The van der Waals surface area contributed by atoms with Crippen LogP contribution in [0.3, 0.4) is 0 Å². The Balaban J connectivity index is 2.46. The van der Waals surface area contributed by atoms with Crippen molar-refractivity contribution in [1.82, 2.24) is 4.90 Å². The van der Waals surface area contributed by atoms with Crippen molar-refractivity contribution < 1.29 is 14.3 Å². The molecule has 2 unspecified atom stereocenters. The maximum Gasteiger partial charge on any atom is 0.320 e. The zero-order valence-electron chi connectivity index (χ0n) is 8.03. The second-order valence-corrected chi connectivity index (χ2v) is 3.57. The van der Waals surface area contributed by atoms with Crippen LogP contribution in [-0.4, -0.2) is 42.9 Å². The van der Waals surface area contributed by atoms with Gasteiger partial charge in [-0.3, -0.25) is 9.69 Å². The predicted octanol–water partition coefficient (Wildman–Crippen LogP) is 0.0687. The first kappa shape index (κ1) is 10.2. The van der Waals surface area contributed by atoms with E-state index in [4.69, 9.17) is 4.74 Å². The van der Waals surface area contributed by atoms with Crippen molar-refractivity contribution in [3.05, 3.63) is 0 Å². The topological polar surface area (TPSA) is 46.6 Å². The van der Waals surface area contributed by atoms with E-state index in [1.165, 1.54) is 0 Å². The van der Waals surface area contributed by atoms with E-state index in [2.05, 4.69) is 0 Å². The molecule has 0 aromatic rings. The molecule has 0 N–H and O–H groups in total. The number of morpholine rings is 1. The van der Waals surface area contributed by atoms with Gasteiger partial charge in [-0.15, -0.1) is 0 Å². The maximum atomic E-state index is 10.9. The number of rotatable bonds is 3. The van der Waals surface area contributed by atoms with Crippen molar-refractivity contribution in [3.63, 3.8) is 0 Å². The Hall–Kier alpha value is -0.900. The number of carbonyl (C=O) groups is 2. The molecule has 1 fully saturated rings. The lowest BCUT2D eigenvalue weighted by molar-refractivity contribution is -0.154. The van der Waals surface area contributed by atoms with E-state index >= 15 is 0 Å². The highest BCUT2D eigenvalue weighted by molar-refractivity contribution is 5.72. The summed E-state index contributed by atoms with van der Waals surface area (Å²) in [4.78, 5) is 23.3. The smallest absolute Gasteiger partial charge is 0.320 e. The molecule has 1 aliphatic rings. The van der Waals surface area contributed by atoms with Gasteiger partial charge in [0.25, 0.3) is 0 Å². The fourth-order valence-electron chi connectivity index (χ4n) is 1.34. The molecule has 1 aliphatic heterocycles. The first-order valence-electron chi connectivity index (χ1n) is 4.48. The average molecular weight is 185 g/mol. The molecule has 13 heavy (non-hydrogen) atoms. The molecule has 1 heterocycles. The number of hydrogen-bond donors (Lipinski definition) is 0. The minimum atomic E-state index is -0.198. The van der Waals surface area contributed by atoms with E-state index in [0.29, 0.717) is 19.7 Å². The third kappa shape index (κ3) is 2.81. The van der Waals surface area contributed by atoms with Gasteiger partial charge < -0.3 is 9.53 Å². The number of ether oxygens (including phenoxy) is 1. The standard InChI is InChI=1S/C9H15NO3/c1-7(5-11)3-10-4-9(12)13-6-8(10)2/h5,7-8H,3-4,6H2,1-2H3. The molecule has 0 aromatic carbocycles. The molecule has 0 saturated carbocycles. The van der Waals surface area contributed by atoms with E-state index in [1.54, 1.807) is 0 Å². The Labute approximate surface area is 77.8 Å². The number of cyclic esters (lactones) is 1. The molecular weight excluding hydrogens is 170 g/mol. The number of esters is 1. The van der Waals surface area contributed by atoms with Crippen molar-refractivity contribution in [2.24, 2.45) is 5.92 Å². The fraction of sp³-hybridized carbons (Fsp3) is 0.778. The van der Waals surface area contributed by atoms with Gasteiger partial charge >= 0.3 is 5.97 Å². The fourth-order valence-corrected chi connectivity index (χ4v) is 1.34. The van der Waals surface area contributed by atoms with Gasteiger partial charge in [0.05, 0.1) is 6.54 Å². The Kier molecular flexibility index (Phi) is 3.42. The summed E-state index contributed by atoms with van der Waals surface area (Å²) < 4.78 is 4.87. The van der Waals surface area contributed by atoms with Crippen molar-refractivity contribution in [3.8, 4) is 0 Å². The summed E-state index contributed by atoms with van der Waals surface area (Å²) in [5.41, 5.74) is 0. The molecule has 0 spiro atoms. The Morgan fingerprint density at radius 1 is 1.77 bits per heavy atom. The summed E-state index contributed by atoms with van der Waals surface area (Å²) in [5, 5.41) is 0. The van der Waals surface area contributed by atoms with Crippen LogP contribution in [0, 0.1) is 5.92 Å². The monoisotopic (exact) mass is 185 g/mol. The van der Waals surface area contributed by atoms with Gasteiger partial charge in [-0.2, -0.15) is 0 Å². The third-order valence-electron chi connectivity index (χ3n) is 2.20. The number of hydrogen-bond acceptors (Lipinski definition) is 4. The Bertz CT molecular complexity index is 205. The molecule has 0 aromatic heterocycles. The van der Waals surface area contributed by atoms with Gasteiger partial charge in [0, 0.05) is 18.5 Å². The van der Waals surface area contributed by atoms with Crippen molar-refractivity contribution >= 4 is 12.3 Å². The van der Waals surface area contributed by atoms with Crippen LogP contribution < -0.4 is 0 Å². The van der Waals surface area contributed by atoms with Crippen LogP contribution in [0.25, 0.3) is 0 Å². The highest BCUT2D eigenvalue weighted by atomic mass is 16.5. The SMILES string of the molecule is CC(C=O)CN1CC(=O)OCC1C. The van der Waals surface area contributed by atoms with Crippen molar-refractivity contribution in [2.45, 2.75) is 19.9 Å². The molecule has 1 saturated heterocycles. The molecule has 74 valence electrons. The zero-order chi connectivity index (χ0) is 9.84. The lowest BCUT2D eigenvalue weighted by Crippen LogP contribution is -2.47. The van der Waals surface area contributed by atoms with Gasteiger partial charge in [-0.25, -0.2) is 0 Å². The summed E-state index contributed by atoms with van der Waals surface area (Å²) in [6.45, 7) is 5.22. The lowest BCUT2D eigenvalue weighted by Gasteiger charge is -2.32. The summed E-state index contributed by atoms with van der Waals surface area (Å²) in [6, 6.07) is 0.222. The van der Waals surface area contributed by atoms with E-state index in [0.717, 1.165) is 6.29 Å². The molecule has 4 nitrogen and oxygen atoms in total. The predicted molar refractivity (Wildman–Crippen MR) is 47.2 cm³/mol. The Morgan fingerprint density at radius 2 is 2.46 bits per heavy atom. The van der Waals surface area contributed by atoms with Crippen LogP contribution in [0.1, 0.15) is 13.8 Å². The second kappa shape index (κ2) is 4.37. The molecule has 0 aliphatic carbocycles. The van der Waals surface area contributed by atoms with Crippen LogP contribution in [0.15, 0.2) is 0 Å². The van der Waals surface area contributed by atoms with Crippen LogP contribution >= 0.6 is 0 Å². The molecule has 0 radical (unpaired) electrons. The molecule has 4 heteroatoms. The van der Waals surface area contributed by atoms with Gasteiger partial charge in [0.15, 0.2) is 0 Å². The minimum absolute atomic E-state index is 0.0200. The summed E-state index contributed by atoms with van der Waals surface area (Å²) in [5.74, 6) is -0.218. The molecule has 2 atom stereocenters. The van der Waals surface area contributed by atoms with Crippen LogP contribution in [-0.2, 0) is 14.3 Å². The van der Waals surface area contributed by atoms with Crippen LogP contribution in [0.4, 0.5) is 0 Å². The lowest BCUT2D eigenvalue weighted by atomic mass is 10.1. The first-order valence-corrected chi connectivity index (χ1v) is 4.48. The number of carbonyl (C=O) groups excluding carboxylic acids is 2. The van der Waals surface area contributed by atoms with Gasteiger partial charge in [0.1, 0.15) is 12.9 Å². The largest absolute Gasteiger partial charge is 0.463 e. The summed E-state index contributed by atoms with van der Waals surface area (Å²) in [6.07, 6.45) is 0.909. The van der Waals surface area contributed by atoms with E-state index < -0.39 is 0 Å². The van der Waals surface area contributed by atoms with Crippen LogP contribution in [0.2, 0.25) is 0 Å². The summed E-state index contributed by atoms with van der Waals surface area (Å²) in [7, 11) is 0. The highest BCUT2D eigenvalue weighted by Crippen LogP contribution is 2.08. The third-order valence-corrected chi connectivity index (χ3v) is 2.20. The van der Waals surface area contributed by atoms with Gasteiger partial charge in [-0.05, 0) is 6.92 Å². The molecule has 1 rings (SSSR count). The molecular formula is C9H15NO3. The minimum Gasteiger partial charge on any atom is -0.463 e. The van der Waals surface area contributed by atoms with Crippen molar-refractivity contribution in [2.75, 3.05) is 19.7 Å². The molecule has 0 bridgehead atoms. The average Bonchev–Trinajstić information content (AvgIpc) is 2.11. The zero-order valence-corrected chi connectivity index (χ0v) is 8.03. The van der Waals surface area contributed by atoms with E-state index in [1.807, 2.05) is 18.7 Å². The van der Waals surface area contributed by atoms with E-state index in [9.17, 15) is 9.59 Å². The van der Waals surface area contributed by atoms with E-state index in [-0.39, 0.29) is 17.9 Å². The summed E-state index contributed by atoms with van der Waals surface area (Å²) >= 11 is 0. The highest BCUT2D eigenvalue weighted by Gasteiger charge is 2.25. The van der Waals surface area contributed by atoms with Crippen molar-refractivity contribution in [1.29, 1.82) is 0 Å². The molecule has 0 amide bonds. The Morgan fingerprint density at radius 3 is 3.08 bits per heavy atom. The van der Waals surface area contributed by atoms with Gasteiger partial charge in [0.2, 0.25) is 0 Å². The second-order valence-electron chi connectivity index (χ2n) is 3.57. The normalized spacial score (nSPS) is 26.6. The van der Waals surface area contributed by atoms with Gasteiger partial charge in [-0.1, -0.05) is 6.92 Å². The number of nitrogens with zero attached hydrogens (tertiary/aromatic N) is 1. The maximum absolute atomic E-state index is 10.9. The quantitative estimate of drug-likeness (QED) is 0.461. The number of aldehydes is 1. The van der Waals surface area contributed by atoms with Crippen LogP contribution in [0.5, 0.6) is 0 Å². The first-order chi connectivity index (χ1) is 6.13.